The Morgan fingerprint density at radius 1 is 0.875 bits per heavy atom. The van der Waals surface area contributed by atoms with Crippen LogP contribution in [0.4, 0.5) is 22.7 Å². The van der Waals surface area contributed by atoms with Gasteiger partial charge in [-0.1, -0.05) is 0 Å². The van der Waals surface area contributed by atoms with E-state index >= 15 is 0 Å². The van der Waals surface area contributed by atoms with Crippen LogP contribution in [-0.2, 0) is 6.42 Å². The van der Waals surface area contributed by atoms with Crippen molar-refractivity contribution in [2.75, 3.05) is 22.9 Å². The highest BCUT2D eigenvalue weighted by molar-refractivity contribution is 5.85. The number of nitrogens with two attached hydrogens (primary N) is 7. The van der Waals surface area contributed by atoms with Crippen molar-refractivity contribution in [3.63, 3.8) is 0 Å². The topological polar surface area (TPSA) is 182 Å². The SMILES string of the molecule is Nc1cc(N)c(CC(N)C(N)N)c(N)c1N. The molecule has 0 aromatic heterocycles. The minimum atomic E-state index is -0.641. The second-order valence-electron chi connectivity index (χ2n) is 3.81. The fourth-order valence-electron chi connectivity index (χ4n) is 1.41. The average molecular weight is 225 g/mol. The monoisotopic (exact) mass is 225 g/mol. The molecule has 1 unspecified atom stereocenters. The van der Waals surface area contributed by atoms with Crippen molar-refractivity contribution in [3.8, 4) is 0 Å². The molecule has 7 heteroatoms. The summed E-state index contributed by atoms with van der Waals surface area (Å²) in [6, 6.07) is 1.11. The molecule has 0 amide bonds. The zero-order valence-corrected chi connectivity index (χ0v) is 8.98. The lowest BCUT2D eigenvalue weighted by Gasteiger charge is -2.19. The van der Waals surface area contributed by atoms with Crippen molar-refractivity contribution in [1.82, 2.24) is 0 Å². The van der Waals surface area contributed by atoms with Gasteiger partial charge in [-0.3, -0.25) is 0 Å². The van der Waals surface area contributed by atoms with E-state index in [1.807, 2.05) is 0 Å². The summed E-state index contributed by atoms with van der Waals surface area (Å²) in [4.78, 5) is 0. The van der Waals surface area contributed by atoms with Gasteiger partial charge in [0.1, 0.15) is 0 Å². The summed E-state index contributed by atoms with van der Waals surface area (Å²) in [5.41, 5.74) is 41.7. The van der Waals surface area contributed by atoms with Crippen LogP contribution < -0.4 is 40.1 Å². The number of hydrogen-bond acceptors (Lipinski definition) is 7. The molecule has 1 aromatic rings. The van der Waals surface area contributed by atoms with Crippen molar-refractivity contribution < 1.29 is 0 Å². The molecule has 0 aliphatic carbocycles. The standard InChI is InChI=1S/C9H19N7/c10-4-2-5(11)8(14)7(13)3(4)1-6(12)9(15)16/h2,6,9H,1,10-16H2. The normalized spacial score (nSPS) is 13.0. The summed E-state index contributed by atoms with van der Waals surface area (Å²) < 4.78 is 0. The predicted molar refractivity (Wildman–Crippen MR) is 67.9 cm³/mol. The van der Waals surface area contributed by atoms with Gasteiger partial charge in [0.25, 0.3) is 0 Å². The lowest BCUT2D eigenvalue weighted by atomic mass is 9.99. The van der Waals surface area contributed by atoms with E-state index in [2.05, 4.69) is 0 Å². The van der Waals surface area contributed by atoms with Gasteiger partial charge in [0.2, 0.25) is 0 Å². The Balaban J connectivity index is 3.10. The number of nitrogen functional groups attached to an aromatic ring is 4. The van der Waals surface area contributed by atoms with Crippen LogP contribution in [0.2, 0.25) is 0 Å². The van der Waals surface area contributed by atoms with Crippen LogP contribution >= 0.6 is 0 Å². The van der Waals surface area contributed by atoms with Crippen molar-refractivity contribution in [2.24, 2.45) is 17.2 Å². The van der Waals surface area contributed by atoms with Gasteiger partial charge in [0.05, 0.1) is 23.2 Å². The van der Waals surface area contributed by atoms with E-state index in [0.29, 0.717) is 34.7 Å². The summed E-state index contributed by atoms with van der Waals surface area (Å²) in [6.07, 6.45) is -0.280. The summed E-state index contributed by atoms with van der Waals surface area (Å²) in [5.74, 6) is 0. The zero-order chi connectivity index (χ0) is 12.5. The average Bonchev–Trinajstić information content (AvgIpc) is 2.20. The second-order valence-corrected chi connectivity index (χ2v) is 3.81. The third kappa shape index (κ3) is 2.27. The van der Waals surface area contributed by atoms with Gasteiger partial charge < -0.3 is 40.1 Å². The highest BCUT2D eigenvalue weighted by Crippen LogP contribution is 2.32. The first-order chi connectivity index (χ1) is 7.34. The van der Waals surface area contributed by atoms with Gasteiger partial charge in [-0.25, -0.2) is 0 Å². The Morgan fingerprint density at radius 2 is 1.44 bits per heavy atom. The van der Waals surface area contributed by atoms with Crippen LogP contribution in [0, 0.1) is 0 Å². The molecule has 7 nitrogen and oxygen atoms in total. The molecule has 0 aliphatic heterocycles. The van der Waals surface area contributed by atoms with Crippen LogP contribution in [-0.4, -0.2) is 12.2 Å². The number of rotatable bonds is 3. The molecule has 0 fully saturated rings. The molecule has 0 aliphatic rings. The zero-order valence-electron chi connectivity index (χ0n) is 8.98. The number of hydrogen-bond donors (Lipinski definition) is 7. The first kappa shape index (κ1) is 12.4. The van der Waals surface area contributed by atoms with Crippen molar-refractivity contribution in [3.05, 3.63) is 11.6 Å². The number of benzene rings is 1. The lowest BCUT2D eigenvalue weighted by molar-refractivity contribution is 0.539. The van der Waals surface area contributed by atoms with Crippen LogP contribution in [0.25, 0.3) is 0 Å². The third-order valence-corrected chi connectivity index (χ3v) is 2.52. The molecule has 14 N–H and O–H groups in total. The maximum Gasteiger partial charge on any atom is 0.0785 e. The van der Waals surface area contributed by atoms with E-state index < -0.39 is 12.2 Å². The highest BCUT2D eigenvalue weighted by atomic mass is 14.9. The van der Waals surface area contributed by atoms with Crippen molar-refractivity contribution in [2.45, 2.75) is 18.6 Å². The quantitative estimate of drug-likeness (QED) is 0.232. The Bertz CT molecular complexity index is 388. The lowest BCUT2D eigenvalue weighted by Crippen LogP contribution is -2.49. The largest absolute Gasteiger partial charge is 0.398 e. The highest BCUT2D eigenvalue weighted by Gasteiger charge is 2.16. The van der Waals surface area contributed by atoms with E-state index in [0.717, 1.165) is 0 Å². The maximum atomic E-state index is 5.81. The molecule has 0 heterocycles. The molecule has 1 aromatic carbocycles. The van der Waals surface area contributed by atoms with Gasteiger partial charge in [0.15, 0.2) is 0 Å². The Kier molecular flexibility index (Phi) is 3.43. The maximum absolute atomic E-state index is 5.81. The van der Waals surface area contributed by atoms with Gasteiger partial charge in [0, 0.05) is 17.3 Å². The summed E-state index contributed by atoms with van der Waals surface area (Å²) in [5, 5.41) is 0. The predicted octanol–water partition coefficient (Wildman–Crippen LogP) is -1.87. The van der Waals surface area contributed by atoms with Crippen molar-refractivity contribution >= 4 is 22.7 Å². The van der Waals surface area contributed by atoms with Gasteiger partial charge in [-0.05, 0) is 12.5 Å². The summed E-state index contributed by atoms with van der Waals surface area (Å²) in [6.45, 7) is 0. The van der Waals surface area contributed by atoms with Crippen LogP contribution in [0.5, 0.6) is 0 Å². The van der Waals surface area contributed by atoms with E-state index in [1.54, 1.807) is 6.07 Å². The molecule has 1 rings (SSSR count). The van der Waals surface area contributed by atoms with Crippen LogP contribution in [0.3, 0.4) is 0 Å². The summed E-state index contributed by atoms with van der Waals surface area (Å²) >= 11 is 0. The van der Waals surface area contributed by atoms with Crippen LogP contribution in [0.1, 0.15) is 5.56 Å². The molecule has 0 bridgehead atoms. The molecule has 0 spiro atoms. The van der Waals surface area contributed by atoms with Crippen molar-refractivity contribution in [1.29, 1.82) is 0 Å². The third-order valence-electron chi connectivity index (χ3n) is 2.52. The summed E-state index contributed by atoms with van der Waals surface area (Å²) in [7, 11) is 0. The van der Waals surface area contributed by atoms with Gasteiger partial charge in [-0.2, -0.15) is 0 Å². The number of anilines is 4. The second kappa shape index (κ2) is 4.44. The first-order valence-corrected chi connectivity index (χ1v) is 4.83. The molecular formula is C9H19N7. The van der Waals surface area contributed by atoms with Gasteiger partial charge in [-0.15, -0.1) is 0 Å². The Hall–Kier alpha value is -1.70. The molecule has 1 atom stereocenters. The molecule has 16 heavy (non-hydrogen) atoms. The molecule has 90 valence electrons. The Labute approximate surface area is 93.9 Å². The first-order valence-electron chi connectivity index (χ1n) is 4.83. The van der Waals surface area contributed by atoms with E-state index in [-0.39, 0.29) is 0 Å². The van der Waals surface area contributed by atoms with Crippen LogP contribution in [0.15, 0.2) is 6.07 Å². The molecule has 0 radical (unpaired) electrons. The van der Waals surface area contributed by atoms with E-state index in [9.17, 15) is 0 Å². The molecule has 0 saturated carbocycles. The molecular weight excluding hydrogens is 206 g/mol. The minimum Gasteiger partial charge on any atom is -0.398 e. The fraction of sp³-hybridized carbons (Fsp3) is 0.333. The van der Waals surface area contributed by atoms with E-state index in [1.165, 1.54) is 0 Å². The van der Waals surface area contributed by atoms with Gasteiger partial charge >= 0.3 is 0 Å². The molecule has 0 saturated heterocycles. The Morgan fingerprint density at radius 3 is 1.94 bits per heavy atom. The van der Waals surface area contributed by atoms with E-state index in [4.69, 9.17) is 40.1 Å². The fourth-order valence-corrected chi connectivity index (χ4v) is 1.41. The minimum absolute atomic E-state index is 0.307. The smallest absolute Gasteiger partial charge is 0.0785 e.